The molecule has 0 radical (unpaired) electrons. The molecule has 3 rings (SSSR count). The highest BCUT2D eigenvalue weighted by Gasteiger charge is 2.10. The van der Waals surface area contributed by atoms with Gasteiger partial charge in [0.1, 0.15) is 5.52 Å². The summed E-state index contributed by atoms with van der Waals surface area (Å²) < 4.78 is 0. The van der Waals surface area contributed by atoms with Gasteiger partial charge in [-0.25, -0.2) is 0 Å². The molecular formula is C11H8N4O. The van der Waals surface area contributed by atoms with Gasteiger partial charge in [0.05, 0.1) is 11.2 Å². The standard InChI is InChI=1S/C11H8N4O/c16-11(9-2-1-5-12-9)7-3-4-8-10(6-7)14-15-13-8/h1-6,12H,(H,13,14,15). The van der Waals surface area contributed by atoms with E-state index < -0.39 is 0 Å². The van der Waals surface area contributed by atoms with Crippen LogP contribution in [0.5, 0.6) is 0 Å². The van der Waals surface area contributed by atoms with Crippen molar-refractivity contribution >= 4 is 16.8 Å². The van der Waals surface area contributed by atoms with Gasteiger partial charge in [0.2, 0.25) is 5.78 Å². The third kappa shape index (κ3) is 1.30. The summed E-state index contributed by atoms with van der Waals surface area (Å²) in [6.07, 6.45) is 1.72. The number of fused-ring (bicyclic) bond motifs is 1. The van der Waals surface area contributed by atoms with E-state index >= 15 is 0 Å². The van der Waals surface area contributed by atoms with Crippen LogP contribution in [-0.2, 0) is 0 Å². The Morgan fingerprint density at radius 3 is 3.00 bits per heavy atom. The molecule has 0 saturated heterocycles. The minimum Gasteiger partial charge on any atom is -0.359 e. The first kappa shape index (κ1) is 8.84. The summed E-state index contributed by atoms with van der Waals surface area (Å²) in [7, 11) is 0. The van der Waals surface area contributed by atoms with Crippen LogP contribution in [0.2, 0.25) is 0 Å². The predicted octanol–water partition coefficient (Wildman–Crippen LogP) is 1.52. The van der Waals surface area contributed by atoms with Crippen molar-refractivity contribution in [2.75, 3.05) is 0 Å². The number of hydrogen-bond acceptors (Lipinski definition) is 3. The van der Waals surface area contributed by atoms with Gasteiger partial charge in [-0.05, 0) is 30.3 Å². The molecule has 2 aromatic heterocycles. The maximum absolute atomic E-state index is 12.0. The van der Waals surface area contributed by atoms with Crippen molar-refractivity contribution in [2.24, 2.45) is 0 Å². The highest BCUT2D eigenvalue weighted by molar-refractivity contribution is 6.09. The first-order valence-electron chi connectivity index (χ1n) is 4.83. The van der Waals surface area contributed by atoms with E-state index in [-0.39, 0.29) is 5.78 Å². The van der Waals surface area contributed by atoms with E-state index in [4.69, 9.17) is 0 Å². The van der Waals surface area contributed by atoms with Crippen molar-refractivity contribution in [2.45, 2.75) is 0 Å². The van der Waals surface area contributed by atoms with E-state index in [9.17, 15) is 4.79 Å². The number of benzene rings is 1. The number of aromatic amines is 2. The predicted molar refractivity (Wildman–Crippen MR) is 58.1 cm³/mol. The maximum atomic E-state index is 12.0. The largest absolute Gasteiger partial charge is 0.359 e. The van der Waals surface area contributed by atoms with Gasteiger partial charge in [-0.1, -0.05) is 5.21 Å². The maximum Gasteiger partial charge on any atom is 0.209 e. The van der Waals surface area contributed by atoms with Crippen LogP contribution in [0.15, 0.2) is 36.5 Å². The molecule has 5 heteroatoms. The molecule has 5 nitrogen and oxygen atoms in total. The topological polar surface area (TPSA) is 74.4 Å². The minimum absolute atomic E-state index is 0.0464. The summed E-state index contributed by atoms with van der Waals surface area (Å²) in [5.74, 6) is -0.0464. The van der Waals surface area contributed by atoms with Gasteiger partial charge in [0, 0.05) is 11.8 Å². The molecule has 1 aromatic carbocycles. The second-order valence-electron chi connectivity index (χ2n) is 3.46. The van der Waals surface area contributed by atoms with Crippen LogP contribution in [0.25, 0.3) is 11.0 Å². The number of nitrogens with zero attached hydrogens (tertiary/aromatic N) is 2. The van der Waals surface area contributed by atoms with Gasteiger partial charge in [-0.3, -0.25) is 9.89 Å². The smallest absolute Gasteiger partial charge is 0.209 e. The lowest BCUT2D eigenvalue weighted by molar-refractivity contribution is 0.103. The molecule has 0 aliphatic heterocycles. The number of carbonyl (C=O) groups is 1. The molecule has 0 aliphatic carbocycles. The Kier molecular flexibility index (Phi) is 1.83. The lowest BCUT2D eigenvalue weighted by Gasteiger charge is -1.97. The van der Waals surface area contributed by atoms with Crippen molar-refractivity contribution < 1.29 is 4.79 Å². The summed E-state index contributed by atoms with van der Waals surface area (Å²) in [4.78, 5) is 14.9. The van der Waals surface area contributed by atoms with Gasteiger partial charge in [-0.15, -0.1) is 5.10 Å². The van der Waals surface area contributed by atoms with Crippen LogP contribution in [0.1, 0.15) is 16.1 Å². The Morgan fingerprint density at radius 1 is 1.25 bits per heavy atom. The molecule has 0 spiro atoms. The van der Waals surface area contributed by atoms with Crippen molar-refractivity contribution in [3.8, 4) is 0 Å². The summed E-state index contributed by atoms with van der Waals surface area (Å²) in [6.45, 7) is 0. The zero-order chi connectivity index (χ0) is 11.0. The molecule has 16 heavy (non-hydrogen) atoms. The Labute approximate surface area is 90.5 Å². The van der Waals surface area contributed by atoms with Crippen LogP contribution >= 0.6 is 0 Å². The number of H-pyrrole nitrogens is 2. The fraction of sp³-hybridized carbons (Fsp3) is 0. The average molecular weight is 212 g/mol. The zero-order valence-corrected chi connectivity index (χ0v) is 8.27. The number of carbonyl (C=O) groups excluding carboxylic acids is 1. The molecule has 0 atom stereocenters. The minimum atomic E-state index is -0.0464. The molecule has 0 fully saturated rings. The molecular weight excluding hydrogens is 204 g/mol. The fourth-order valence-corrected chi connectivity index (χ4v) is 1.61. The van der Waals surface area contributed by atoms with E-state index in [1.54, 1.807) is 36.5 Å². The molecule has 0 amide bonds. The van der Waals surface area contributed by atoms with E-state index in [0.717, 1.165) is 5.52 Å². The SMILES string of the molecule is O=C(c1ccc2[nH]nnc2c1)c1ccc[nH]1. The highest BCUT2D eigenvalue weighted by Crippen LogP contribution is 2.13. The van der Waals surface area contributed by atoms with E-state index in [1.807, 2.05) is 0 Å². The van der Waals surface area contributed by atoms with Crippen LogP contribution < -0.4 is 0 Å². The third-order valence-electron chi connectivity index (χ3n) is 2.43. The second-order valence-corrected chi connectivity index (χ2v) is 3.46. The first-order chi connectivity index (χ1) is 7.84. The summed E-state index contributed by atoms with van der Waals surface area (Å²) >= 11 is 0. The van der Waals surface area contributed by atoms with E-state index in [2.05, 4.69) is 20.4 Å². The van der Waals surface area contributed by atoms with Gasteiger partial charge >= 0.3 is 0 Å². The summed E-state index contributed by atoms with van der Waals surface area (Å²) in [5, 5.41) is 10.3. The average Bonchev–Trinajstić information content (AvgIpc) is 2.98. The van der Waals surface area contributed by atoms with Crippen molar-refractivity contribution in [3.63, 3.8) is 0 Å². The number of aromatic nitrogens is 4. The van der Waals surface area contributed by atoms with Crippen molar-refractivity contribution in [1.82, 2.24) is 20.4 Å². The summed E-state index contributed by atoms with van der Waals surface area (Å²) in [5.41, 5.74) is 2.69. The zero-order valence-electron chi connectivity index (χ0n) is 8.27. The lowest BCUT2D eigenvalue weighted by Crippen LogP contribution is -2.01. The van der Waals surface area contributed by atoms with Crippen LogP contribution in [0.4, 0.5) is 0 Å². The second kappa shape index (κ2) is 3.30. The molecule has 2 heterocycles. The summed E-state index contributed by atoms with van der Waals surface area (Å²) in [6, 6.07) is 8.82. The number of ketones is 1. The Morgan fingerprint density at radius 2 is 2.19 bits per heavy atom. The lowest BCUT2D eigenvalue weighted by atomic mass is 10.1. The highest BCUT2D eigenvalue weighted by atomic mass is 16.1. The van der Waals surface area contributed by atoms with Crippen LogP contribution in [0, 0.1) is 0 Å². The number of rotatable bonds is 2. The Bertz CT molecular complexity index is 639. The molecule has 0 unspecified atom stereocenters. The number of hydrogen-bond donors (Lipinski definition) is 2. The Balaban J connectivity index is 2.09. The Hall–Kier alpha value is -2.43. The molecule has 2 N–H and O–H groups in total. The monoisotopic (exact) mass is 212 g/mol. The van der Waals surface area contributed by atoms with E-state index in [1.165, 1.54) is 0 Å². The molecule has 0 aliphatic rings. The normalized spacial score (nSPS) is 10.8. The van der Waals surface area contributed by atoms with E-state index in [0.29, 0.717) is 16.8 Å². The van der Waals surface area contributed by atoms with Crippen LogP contribution in [-0.4, -0.2) is 26.2 Å². The van der Waals surface area contributed by atoms with Gasteiger partial charge in [0.25, 0.3) is 0 Å². The molecule has 3 aromatic rings. The van der Waals surface area contributed by atoms with Gasteiger partial charge in [-0.2, -0.15) is 0 Å². The fourth-order valence-electron chi connectivity index (χ4n) is 1.61. The van der Waals surface area contributed by atoms with Crippen molar-refractivity contribution in [3.05, 3.63) is 47.8 Å². The molecule has 78 valence electrons. The van der Waals surface area contributed by atoms with Crippen molar-refractivity contribution in [1.29, 1.82) is 0 Å². The molecule has 0 saturated carbocycles. The van der Waals surface area contributed by atoms with Gasteiger partial charge < -0.3 is 4.98 Å². The third-order valence-corrected chi connectivity index (χ3v) is 2.43. The quantitative estimate of drug-likeness (QED) is 0.632. The number of nitrogens with one attached hydrogen (secondary N) is 2. The van der Waals surface area contributed by atoms with Crippen LogP contribution in [0.3, 0.4) is 0 Å². The molecule has 0 bridgehead atoms. The van der Waals surface area contributed by atoms with Gasteiger partial charge in [0.15, 0.2) is 0 Å². The first-order valence-corrected chi connectivity index (χ1v) is 4.83.